The van der Waals surface area contributed by atoms with Gasteiger partial charge >= 0.3 is 0 Å². The molecule has 1 atom stereocenters. The van der Waals surface area contributed by atoms with Crippen molar-refractivity contribution < 1.29 is 4.39 Å². The number of hydrogen-bond donors (Lipinski definition) is 0. The lowest BCUT2D eigenvalue weighted by atomic mass is 10.1. The average Bonchev–Trinajstić information content (AvgIpc) is 2.05. The van der Waals surface area contributed by atoms with Crippen LogP contribution in [0.15, 0.2) is 23.6 Å². The van der Waals surface area contributed by atoms with Crippen LogP contribution in [0.4, 0.5) is 4.39 Å². The predicted molar refractivity (Wildman–Crippen MR) is 41.8 cm³/mol. The molecule has 0 saturated heterocycles. The molecule has 0 aliphatic carbocycles. The number of azide groups is 1. The first kappa shape index (κ1) is 8.49. The first-order chi connectivity index (χ1) is 5.74. The van der Waals surface area contributed by atoms with Crippen LogP contribution in [0.5, 0.6) is 0 Å². The summed E-state index contributed by atoms with van der Waals surface area (Å²) in [5.74, 6) is -0.424. The van der Waals surface area contributed by atoms with Crippen molar-refractivity contribution in [3.8, 4) is 0 Å². The van der Waals surface area contributed by atoms with E-state index in [1.807, 2.05) is 0 Å². The first-order valence-electron chi connectivity index (χ1n) is 3.38. The number of nitrogens with zero attached hydrogens (tertiary/aromatic N) is 4. The van der Waals surface area contributed by atoms with Crippen LogP contribution in [0.25, 0.3) is 10.4 Å². The molecule has 0 radical (unpaired) electrons. The van der Waals surface area contributed by atoms with Crippen molar-refractivity contribution in [3.05, 3.63) is 40.3 Å². The third-order valence-electron chi connectivity index (χ3n) is 1.43. The minimum absolute atomic E-state index is 0.377. The van der Waals surface area contributed by atoms with Gasteiger partial charge < -0.3 is 0 Å². The number of aromatic nitrogens is 1. The average molecular weight is 166 g/mol. The molecule has 0 aromatic carbocycles. The second-order valence-electron chi connectivity index (χ2n) is 2.32. The molecular formula is C7H7FN4. The van der Waals surface area contributed by atoms with Gasteiger partial charge in [0.2, 0.25) is 0 Å². The van der Waals surface area contributed by atoms with E-state index >= 15 is 0 Å². The molecule has 0 fully saturated rings. The van der Waals surface area contributed by atoms with E-state index in [2.05, 4.69) is 15.0 Å². The lowest BCUT2D eigenvalue weighted by molar-refractivity contribution is 0.614. The third kappa shape index (κ3) is 1.93. The lowest BCUT2D eigenvalue weighted by Gasteiger charge is -2.02. The van der Waals surface area contributed by atoms with Crippen molar-refractivity contribution in [2.75, 3.05) is 0 Å². The second kappa shape index (κ2) is 3.69. The molecule has 1 heterocycles. The normalized spacial score (nSPS) is 11.8. The molecule has 5 heteroatoms. The Morgan fingerprint density at radius 3 is 3.00 bits per heavy atom. The lowest BCUT2D eigenvalue weighted by Crippen LogP contribution is -1.90. The Kier molecular flexibility index (Phi) is 2.61. The topological polar surface area (TPSA) is 61.7 Å². The molecule has 0 aliphatic rings. The molecule has 1 rings (SSSR count). The maximum atomic E-state index is 12.6. The molecule has 1 aromatic heterocycles. The van der Waals surface area contributed by atoms with Crippen LogP contribution >= 0.6 is 0 Å². The highest BCUT2D eigenvalue weighted by atomic mass is 19.1. The molecule has 0 N–H and O–H groups in total. The van der Waals surface area contributed by atoms with E-state index in [-0.39, 0.29) is 6.04 Å². The van der Waals surface area contributed by atoms with Gasteiger partial charge in [-0.3, -0.25) is 4.98 Å². The zero-order valence-corrected chi connectivity index (χ0v) is 6.48. The van der Waals surface area contributed by atoms with E-state index in [0.29, 0.717) is 5.56 Å². The molecule has 0 spiro atoms. The van der Waals surface area contributed by atoms with Gasteiger partial charge in [0, 0.05) is 11.1 Å². The largest absolute Gasteiger partial charge is 0.261 e. The van der Waals surface area contributed by atoms with Gasteiger partial charge in [-0.2, -0.15) is 0 Å². The molecule has 12 heavy (non-hydrogen) atoms. The maximum absolute atomic E-state index is 12.6. The van der Waals surface area contributed by atoms with E-state index in [1.54, 1.807) is 6.92 Å². The molecule has 0 unspecified atom stereocenters. The number of pyridine rings is 1. The van der Waals surface area contributed by atoms with Crippen LogP contribution < -0.4 is 0 Å². The molecule has 4 nitrogen and oxygen atoms in total. The van der Waals surface area contributed by atoms with Crippen LogP contribution in [-0.2, 0) is 0 Å². The highest BCUT2D eigenvalue weighted by Gasteiger charge is 2.03. The zero-order chi connectivity index (χ0) is 8.97. The summed E-state index contributed by atoms with van der Waals surface area (Å²) in [6.07, 6.45) is 2.58. The summed E-state index contributed by atoms with van der Waals surface area (Å²) in [6.45, 7) is 1.68. The summed E-state index contributed by atoms with van der Waals surface area (Å²) < 4.78 is 12.6. The van der Waals surface area contributed by atoms with Gasteiger partial charge in [-0.25, -0.2) is 4.39 Å². The highest BCUT2D eigenvalue weighted by Crippen LogP contribution is 2.15. The summed E-state index contributed by atoms with van der Waals surface area (Å²) in [7, 11) is 0. The van der Waals surface area contributed by atoms with Gasteiger partial charge in [0.15, 0.2) is 0 Å². The highest BCUT2D eigenvalue weighted by molar-refractivity contribution is 5.14. The van der Waals surface area contributed by atoms with Gasteiger partial charge in [0.1, 0.15) is 5.82 Å². The van der Waals surface area contributed by atoms with E-state index in [1.165, 1.54) is 12.3 Å². The summed E-state index contributed by atoms with van der Waals surface area (Å²) in [5.41, 5.74) is 8.69. The van der Waals surface area contributed by atoms with E-state index in [4.69, 9.17) is 5.53 Å². The van der Waals surface area contributed by atoms with Gasteiger partial charge in [0.25, 0.3) is 0 Å². The quantitative estimate of drug-likeness (QED) is 0.378. The smallest absolute Gasteiger partial charge is 0.141 e. The van der Waals surface area contributed by atoms with Crippen molar-refractivity contribution >= 4 is 0 Å². The molecule has 0 amide bonds. The molecule has 0 saturated carbocycles. The van der Waals surface area contributed by atoms with Crippen LogP contribution in [0, 0.1) is 5.82 Å². The summed E-state index contributed by atoms with van der Waals surface area (Å²) in [4.78, 5) is 6.25. The SMILES string of the molecule is C[C@@H](N=[N+]=[N-])c1cncc(F)c1. The minimum atomic E-state index is -0.424. The minimum Gasteiger partial charge on any atom is -0.261 e. The maximum Gasteiger partial charge on any atom is 0.141 e. The molecule has 1 aromatic rings. The van der Waals surface area contributed by atoms with Gasteiger partial charge in [0.05, 0.1) is 12.2 Å². The fourth-order valence-electron chi connectivity index (χ4n) is 0.801. The van der Waals surface area contributed by atoms with Crippen molar-refractivity contribution in [2.24, 2.45) is 5.11 Å². The summed E-state index contributed by atoms with van der Waals surface area (Å²) in [5, 5.41) is 3.41. The van der Waals surface area contributed by atoms with E-state index in [0.717, 1.165) is 6.20 Å². The monoisotopic (exact) mass is 166 g/mol. The van der Waals surface area contributed by atoms with Crippen LogP contribution in [0.1, 0.15) is 18.5 Å². The fraction of sp³-hybridized carbons (Fsp3) is 0.286. The van der Waals surface area contributed by atoms with Crippen molar-refractivity contribution in [1.29, 1.82) is 0 Å². The molecule has 0 bridgehead atoms. The Balaban J connectivity index is 2.94. The Bertz CT molecular complexity index is 319. The molecular weight excluding hydrogens is 159 g/mol. The Hall–Kier alpha value is -1.61. The Labute approximate surface area is 68.7 Å². The first-order valence-corrected chi connectivity index (χ1v) is 3.38. The van der Waals surface area contributed by atoms with Crippen LogP contribution in [-0.4, -0.2) is 4.98 Å². The summed E-state index contributed by atoms with van der Waals surface area (Å²) in [6, 6.07) is 0.921. The predicted octanol–water partition coefficient (Wildman–Crippen LogP) is 2.59. The number of hydrogen-bond acceptors (Lipinski definition) is 2. The Morgan fingerprint density at radius 1 is 1.67 bits per heavy atom. The summed E-state index contributed by atoms with van der Waals surface area (Å²) >= 11 is 0. The third-order valence-corrected chi connectivity index (χ3v) is 1.43. The number of rotatable bonds is 2. The standard InChI is InChI=1S/C7H7FN4/c1-5(11-12-9)6-2-7(8)4-10-3-6/h2-5H,1H3/t5-/m1/s1. The van der Waals surface area contributed by atoms with Crippen LogP contribution in [0.2, 0.25) is 0 Å². The molecule has 62 valence electrons. The molecule has 0 aliphatic heterocycles. The second-order valence-corrected chi connectivity index (χ2v) is 2.32. The van der Waals surface area contributed by atoms with Crippen molar-refractivity contribution in [3.63, 3.8) is 0 Å². The van der Waals surface area contributed by atoms with E-state index < -0.39 is 5.82 Å². The number of halogens is 1. The van der Waals surface area contributed by atoms with Crippen LogP contribution in [0.3, 0.4) is 0 Å². The van der Waals surface area contributed by atoms with Crippen molar-refractivity contribution in [1.82, 2.24) is 4.98 Å². The van der Waals surface area contributed by atoms with Gasteiger partial charge in [-0.1, -0.05) is 12.0 Å². The van der Waals surface area contributed by atoms with Gasteiger partial charge in [-0.15, -0.1) is 0 Å². The van der Waals surface area contributed by atoms with Crippen molar-refractivity contribution in [2.45, 2.75) is 13.0 Å². The fourth-order valence-corrected chi connectivity index (χ4v) is 0.801. The van der Waals surface area contributed by atoms with Gasteiger partial charge in [-0.05, 0) is 17.2 Å². The van der Waals surface area contributed by atoms with E-state index in [9.17, 15) is 4.39 Å². The zero-order valence-electron chi connectivity index (χ0n) is 6.48. The Morgan fingerprint density at radius 2 is 2.42 bits per heavy atom.